The fourth-order valence-corrected chi connectivity index (χ4v) is 1.27. The molecule has 0 radical (unpaired) electrons. The molecule has 1 aliphatic heterocycles. The van der Waals surface area contributed by atoms with Gasteiger partial charge in [0.05, 0.1) is 12.2 Å². The number of aliphatic hydroxyl groups is 2. The molecular formula is C7H15NO3. The van der Waals surface area contributed by atoms with Crippen LogP contribution in [0.2, 0.25) is 0 Å². The monoisotopic (exact) mass is 161 g/mol. The summed E-state index contributed by atoms with van der Waals surface area (Å²) in [6, 6.07) is 0. The van der Waals surface area contributed by atoms with Gasteiger partial charge in [0.1, 0.15) is 0 Å². The quantitative estimate of drug-likeness (QED) is 0.463. The number of hydrogen-bond donors (Lipinski definition) is 3. The Morgan fingerprint density at radius 3 is 2.73 bits per heavy atom. The van der Waals surface area contributed by atoms with Gasteiger partial charge in [-0.3, -0.25) is 0 Å². The highest BCUT2D eigenvalue weighted by molar-refractivity contribution is 4.78. The largest absolute Gasteiger partial charge is 0.390 e. The van der Waals surface area contributed by atoms with Crippen molar-refractivity contribution in [3.05, 3.63) is 0 Å². The first-order chi connectivity index (χ1) is 5.15. The maximum absolute atomic E-state index is 9.34. The van der Waals surface area contributed by atoms with E-state index in [0.29, 0.717) is 6.42 Å². The summed E-state index contributed by atoms with van der Waals surface area (Å²) in [6.07, 6.45) is -1.14. The molecule has 0 aromatic rings. The first-order valence-corrected chi connectivity index (χ1v) is 3.86. The van der Waals surface area contributed by atoms with Crippen LogP contribution in [-0.4, -0.2) is 35.3 Å². The van der Waals surface area contributed by atoms with Crippen molar-refractivity contribution in [1.29, 1.82) is 0 Å². The third kappa shape index (κ3) is 1.90. The van der Waals surface area contributed by atoms with E-state index in [1.54, 1.807) is 0 Å². The lowest BCUT2D eigenvalue weighted by molar-refractivity contribution is -0.220. The second kappa shape index (κ2) is 3.49. The zero-order valence-corrected chi connectivity index (χ0v) is 6.60. The van der Waals surface area contributed by atoms with Gasteiger partial charge in [0.15, 0.2) is 6.29 Å². The number of rotatable bonds is 1. The lowest BCUT2D eigenvalue weighted by Crippen LogP contribution is -2.46. The van der Waals surface area contributed by atoms with Crippen LogP contribution in [0.3, 0.4) is 0 Å². The highest BCUT2D eigenvalue weighted by Gasteiger charge is 2.32. The molecule has 0 saturated carbocycles. The molecule has 1 aliphatic rings. The van der Waals surface area contributed by atoms with E-state index in [0.717, 1.165) is 0 Å². The Kier molecular flexibility index (Phi) is 2.84. The minimum atomic E-state index is -0.771. The fraction of sp³-hybridized carbons (Fsp3) is 1.00. The van der Waals surface area contributed by atoms with E-state index in [1.807, 2.05) is 6.92 Å². The lowest BCUT2D eigenvalue weighted by atomic mass is 9.96. The molecular weight excluding hydrogens is 146 g/mol. The van der Waals surface area contributed by atoms with Crippen molar-refractivity contribution in [2.24, 2.45) is 11.7 Å². The van der Waals surface area contributed by atoms with Gasteiger partial charge < -0.3 is 20.7 Å². The van der Waals surface area contributed by atoms with E-state index in [2.05, 4.69) is 0 Å². The first-order valence-electron chi connectivity index (χ1n) is 3.86. The standard InChI is InChI=1S/C7H15NO3/c1-4-2-5(9)6(3-8)11-7(4)10/h4-7,9-10H,2-3,8H2,1H3. The normalized spacial score (nSPS) is 45.8. The van der Waals surface area contributed by atoms with Crippen LogP contribution in [0.1, 0.15) is 13.3 Å². The average Bonchev–Trinajstić information content (AvgIpc) is 1.97. The maximum Gasteiger partial charge on any atom is 0.157 e. The van der Waals surface area contributed by atoms with Crippen LogP contribution in [0.5, 0.6) is 0 Å². The summed E-state index contributed by atoms with van der Waals surface area (Å²) in [4.78, 5) is 0. The molecule has 4 unspecified atom stereocenters. The van der Waals surface area contributed by atoms with Crippen LogP contribution in [-0.2, 0) is 4.74 Å². The molecule has 4 atom stereocenters. The zero-order valence-electron chi connectivity index (χ0n) is 6.60. The Labute approximate surface area is 66.0 Å². The Morgan fingerprint density at radius 1 is 1.55 bits per heavy atom. The van der Waals surface area contributed by atoms with Crippen LogP contribution in [0, 0.1) is 5.92 Å². The summed E-state index contributed by atoms with van der Waals surface area (Å²) < 4.78 is 5.04. The van der Waals surface area contributed by atoms with Gasteiger partial charge in [-0.2, -0.15) is 0 Å². The SMILES string of the molecule is CC1CC(O)C(CN)OC1O. The third-order valence-electron chi connectivity index (χ3n) is 2.08. The highest BCUT2D eigenvalue weighted by atomic mass is 16.6. The van der Waals surface area contributed by atoms with E-state index in [1.165, 1.54) is 0 Å². The van der Waals surface area contributed by atoms with Crippen LogP contribution in [0.15, 0.2) is 0 Å². The van der Waals surface area contributed by atoms with Crippen molar-refractivity contribution >= 4 is 0 Å². The molecule has 4 heteroatoms. The molecule has 1 fully saturated rings. The minimum absolute atomic E-state index is 0.00667. The number of hydrogen-bond acceptors (Lipinski definition) is 4. The fourth-order valence-electron chi connectivity index (χ4n) is 1.27. The minimum Gasteiger partial charge on any atom is -0.390 e. The van der Waals surface area contributed by atoms with Gasteiger partial charge in [0.25, 0.3) is 0 Å². The zero-order chi connectivity index (χ0) is 8.43. The highest BCUT2D eigenvalue weighted by Crippen LogP contribution is 2.22. The molecule has 4 nitrogen and oxygen atoms in total. The topological polar surface area (TPSA) is 75.7 Å². The Bertz CT molecular complexity index is 131. The summed E-state index contributed by atoms with van der Waals surface area (Å²) in [5, 5.41) is 18.5. The van der Waals surface area contributed by atoms with Crippen molar-refractivity contribution in [3.63, 3.8) is 0 Å². The van der Waals surface area contributed by atoms with E-state index in [9.17, 15) is 10.2 Å². The molecule has 66 valence electrons. The number of nitrogens with two attached hydrogens (primary N) is 1. The van der Waals surface area contributed by atoms with Gasteiger partial charge in [0, 0.05) is 12.5 Å². The molecule has 0 bridgehead atoms. The molecule has 1 heterocycles. The summed E-state index contributed by atoms with van der Waals surface area (Å²) >= 11 is 0. The van der Waals surface area contributed by atoms with Gasteiger partial charge in [-0.05, 0) is 6.42 Å². The molecule has 11 heavy (non-hydrogen) atoms. The van der Waals surface area contributed by atoms with Crippen molar-refractivity contribution in [3.8, 4) is 0 Å². The molecule has 0 aliphatic carbocycles. The van der Waals surface area contributed by atoms with E-state index in [4.69, 9.17) is 10.5 Å². The van der Waals surface area contributed by atoms with Gasteiger partial charge in [-0.15, -0.1) is 0 Å². The Balaban J connectivity index is 2.48. The maximum atomic E-state index is 9.34. The second-order valence-electron chi connectivity index (χ2n) is 3.08. The summed E-state index contributed by atoms with van der Waals surface area (Å²) in [6.45, 7) is 2.09. The first kappa shape index (κ1) is 8.93. The van der Waals surface area contributed by atoms with Crippen molar-refractivity contribution in [1.82, 2.24) is 0 Å². The van der Waals surface area contributed by atoms with Crippen molar-refractivity contribution < 1.29 is 14.9 Å². The molecule has 1 saturated heterocycles. The van der Waals surface area contributed by atoms with Gasteiger partial charge in [-0.25, -0.2) is 0 Å². The summed E-state index contributed by atoms with van der Waals surface area (Å²) in [5.41, 5.74) is 5.31. The van der Waals surface area contributed by atoms with Gasteiger partial charge in [-0.1, -0.05) is 6.92 Å². The van der Waals surface area contributed by atoms with Crippen LogP contribution in [0.4, 0.5) is 0 Å². The van der Waals surface area contributed by atoms with Crippen LogP contribution >= 0.6 is 0 Å². The summed E-state index contributed by atoms with van der Waals surface area (Å²) in [7, 11) is 0. The predicted octanol–water partition coefficient (Wildman–Crippen LogP) is -0.951. The molecule has 0 aromatic carbocycles. The molecule has 1 rings (SSSR count). The summed E-state index contributed by atoms with van der Waals surface area (Å²) in [5.74, 6) is -0.00667. The van der Waals surface area contributed by atoms with Crippen molar-refractivity contribution in [2.75, 3.05) is 6.54 Å². The van der Waals surface area contributed by atoms with Crippen LogP contribution in [0.25, 0.3) is 0 Å². The smallest absolute Gasteiger partial charge is 0.157 e. The molecule has 4 N–H and O–H groups in total. The second-order valence-corrected chi connectivity index (χ2v) is 3.08. The Morgan fingerprint density at radius 2 is 2.18 bits per heavy atom. The van der Waals surface area contributed by atoms with Crippen LogP contribution < -0.4 is 5.73 Å². The van der Waals surface area contributed by atoms with Gasteiger partial charge in [0.2, 0.25) is 0 Å². The number of aliphatic hydroxyl groups excluding tert-OH is 2. The molecule has 0 amide bonds. The molecule has 0 spiro atoms. The van der Waals surface area contributed by atoms with Gasteiger partial charge >= 0.3 is 0 Å². The van der Waals surface area contributed by atoms with E-state index < -0.39 is 18.5 Å². The average molecular weight is 161 g/mol. The Hall–Kier alpha value is -0.160. The van der Waals surface area contributed by atoms with E-state index in [-0.39, 0.29) is 12.5 Å². The van der Waals surface area contributed by atoms with E-state index >= 15 is 0 Å². The third-order valence-corrected chi connectivity index (χ3v) is 2.08. The predicted molar refractivity (Wildman–Crippen MR) is 39.7 cm³/mol. The molecule has 0 aromatic heterocycles. The van der Waals surface area contributed by atoms with Crippen molar-refractivity contribution in [2.45, 2.75) is 31.8 Å². The number of ether oxygens (including phenoxy) is 1. The lowest BCUT2D eigenvalue weighted by Gasteiger charge is -2.34.